The van der Waals surface area contributed by atoms with Gasteiger partial charge in [-0.2, -0.15) is 0 Å². The summed E-state index contributed by atoms with van der Waals surface area (Å²) in [6, 6.07) is 16.4. The molecule has 140 valence electrons. The minimum absolute atomic E-state index is 0.0441. The standard InChI is InChI=1S/C19H17ClN2O4S/c20-15-8-6-14(7-9-15)11-19(23)22-16-3-1-5-18(12-16)27(24,25)21-13-17-4-2-10-26-17/h1-10,12,21H,11,13H2,(H,22,23). The van der Waals surface area contributed by atoms with Crippen molar-refractivity contribution in [2.24, 2.45) is 0 Å². The van der Waals surface area contributed by atoms with Crippen molar-refractivity contribution in [2.45, 2.75) is 17.9 Å². The molecule has 27 heavy (non-hydrogen) atoms. The average molecular weight is 405 g/mol. The normalized spacial score (nSPS) is 11.3. The molecule has 1 aromatic heterocycles. The monoisotopic (exact) mass is 404 g/mol. The van der Waals surface area contributed by atoms with Crippen LogP contribution in [0.15, 0.2) is 76.2 Å². The zero-order valence-corrected chi connectivity index (χ0v) is 15.8. The molecule has 2 N–H and O–H groups in total. The maximum Gasteiger partial charge on any atom is 0.241 e. The van der Waals surface area contributed by atoms with E-state index in [1.165, 1.54) is 18.4 Å². The predicted octanol–water partition coefficient (Wildman–Crippen LogP) is 3.59. The van der Waals surface area contributed by atoms with Crippen molar-refractivity contribution in [1.82, 2.24) is 4.72 Å². The Bertz CT molecular complexity index is 1020. The zero-order valence-electron chi connectivity index (χ0n) is 14.2. The van der Waals surface area contributed by atoms with Gasteiger partial charge in [0.05, 0.1) is 24.1 Å². The van der Waals surface area contributed by atoms with Gasteiger partial charge in [0, 0.05) is 10.7 Å². The topological polar surface area (TPSA) is 88.4 Å². The van der Waals surface area contributed by atoms with E-state index in [0.717, 1.165) is 5.56 Å². The number of anilines is 1. The fraction of sp³-hybridized carbons (Fsp3) is 0.105. The quantitative estimate of drug-likeness (QED) is 0.629. The number of furan rings is 1. The first-order valence-electron chi connectivity index (χ1n) is 8.09. The van der Waals surface area contributed by atoms with Crippen LogP contribution in [0.5, 0.6) is 0 Å². The van der Waals surface area contributed by atoms with Crippen LogP contribution in [0, 0.1) is 0 Å². The van der Waals surface area contributed by atoms with Gasteiger partial charge < -0.3 is 9.73 Å². The maximum absolute atomic E-state index is 12.4. The highest BCUT2D eigenvalue weighted by Gasteiger charge is 2.15. The molecule has 0 saturated carbocycles. The molecular weight excluding hydrogens is 388 g/mol. The van der Waals surface area contributed by atoms with Crippen LogP contribution in [0.25, 0.3) is 0 Å². The molecule has 1 heterocycles. The Balaban J connectivity index is 1.65. The van der Waals surface area contributed by atoms with Gasteiger partial charge in [0.25, 0.3) is 0 Å². The summed E-state index contributed by atoms with van der Waals surface area (Å²) in [5.74, 6) is 0.251. The molecule has 0 spiro atoms. The molecule has 0 saturated heterocycles. The van der Waals surface area contributed by atoms with Gasteiger partial charge in [0.1, 0.15) is 5.76 Å². The Morgan fingerprint density at radius 3 is 2.52 bits per heavy atom. The highest BCUT2D eigenvalue weighted by Crippen LogP contribution is 2.17. The molecule has 0 aliphatic rings. The smallest absolute Gasteiger partial charge is 0.241 e. The Morgan fingerprint density at radius 1 is 1.04 bits per heavy atom. The summed E-state index contributed by atoms with van der Waals surface area (Å²) in [5.41, 5.74) is 1.20. The number of hydrogen-bond acceptors (Lipinski definition) is 4. The minimum Gasteiger partial charge on any atom is -0.468 e. The number of carbonyl (C=O) groups excluding carboxylic acids is 1. The number of benzene rings is 2. The van der Waals surface area contributed by atoms with E-state index in [1.54, 1.807) is 48.5 Å². The maximum atomic E-state index is 12.4. The second-order valence-corrected chi connectivity index (χ2v) is 7.99. The predicted molar refractivity (Wildman–Crippen MR) is 103 cm³/mol. The first-order chi connectivity index (χ1) is 12.9. The van der Waals surface area contributed by atoms with Crippen molar-refractivity contribution in [1.29, 1.82) is 0 Å². The molecule has 0 radical (unpaired) electrons. The van der Waals surface area contributed by atoms with Crippen molar-refractivity contribution in [3.8, 4) is 0 Å². The number of sulfonamides is 1. The summed E-state index contributed by atoms with van der Waals surface area (Å²) >= 11 is 5.83. The Labute approximate surface area is 162 Å². The van der Waals surface area contributed by atoms with Gasteiger partial charge in [-0.3, -0.25) is 4.79 Å². The lowest BCUT2D eigenvalue weighted by Crippen LogP contribution is -2.23. The van der Waals surface area contributed by atoms with Gasteiger partial charge in [0.15, 0.2) is 0 Å². The van der Waals surface area contributed by atoms with Crippen molar-refractivity contribution >= 4 is 33.2 Å². The number of halogens is 1. The van der Waals surface area contributed by atoms with E-state index in [9.17, 15) is 13.2 Å². The molecule has 0 atom stereocenters. The number of rotatable bonds is 7. The molecule has 3 rings (SSSR count). The number of amides is 1. The zero-order chi connectivity index (χ0) is 19.3. The molecule has 0 aliphatic heterocycles. The van der Waals surface area contributed by atoms with Gasteiger partial charge in [-0.25, -0.2) is 13.1 Å². The second kappa shape index (κ2) is 8.39. The van der Waals surface area contributed by atoms with Crippen LogP contribution in [0.4, 0.5) is 5.69 Å². The van der Waals surface area contributed by atoms with E-state index >= 15 is 0 Å². The first-order valence-corrected chi connectivity index (χ1v) is 9.95. The molecule has 0 unspecified atom stereocenters. The van der Waals surface area contributed by atoms with Crippen molar-refractivity contribution in [3.05, 3.63) is 83.3 Å². The third kappa shape index (κ3) is 5.43. The molecule has 0 aliphatic carbocycles. The van der Waals surface area contributed by atoms with Gasteiger partial charge in [-0.1, -0.05) is 29.8 Å². The van der Waals surface area contributed by atoms with Gasteiger partial charge in [0.2, 0.25) is 15.9 Å². The molecule has 6 nitrogen and oxygen atoms in total. The minimum atomic E-state index is -3.73. The summed E-state index contributed by atoms with van der Waals surface area (Å²) < 4.78 is 32.4. The van der Waals surface area contributed by atoms with Crippen molar-refractivity contribution < 1.29 is 17.6 Å². The lowest BCUT2D eigenvalue weighted by molar-refractivity contribution is -0.115. The molecule has 0 fully saturated rings. The lowest BCUT2D eigenvalue weighted by Gasteiger charge is -2.09. The number of hydrogen-bond donors (Lipinski definition) is 2. The van der Waals surface area contributed by atoms with Crippen LogP contribution in [0.2, 0.25) is 5.02 Å². The lowest BCUT2D eigenvalue weighted by atomic mass is 10.1. The van der Waals surface area contributed by atoms with Gasteiger partial charge in [-0.05, 0) is 48.0 Å². The SMILES string of the molecule is O=C(Cc1ccc(Cl)cc1)Nc1cccc(S(=O)(=O)NCc2ccco2)c1. The molecule has 8 heteroatoms. The van der Waals surface area contributed by atoms with E-state index in [1.807, 2.05) is 0 Å². The Kier molecular flexibility index (Phi) is 5.95. The van der Waals surface area contributed by atoms with Crippen LogP contribution >= 0.6 is 11.6 Å². The summed E-state index contributed by atoms with van der Waals surface area (Å²) in [4.78, 5) is 12.2. The molecule has 0 bridgehead atoms. The van der Waals surface area contributed by atoms with Crippen molar-refractivity contribution in [2.75, 3.05) is 5.32 Å². The summed E-state index contributed by atoms with van der Waals surface area (Å²) in [7, 11) is -3.73. The summed E-state index contributed by atoms with van der Waals surface area (Å²) in [6.07, 6.45) is 1.63. The van der Waals surface area contributed by atoms with Crippen molar-refractivity contribution in [3.63, 3.8) is 0 Å². The Morgan fingerprint density at radius 2 is 1.81 bits per heavy atom. The van der Waals surface area contributed by atoms with Gasteiger partial charge >= 0.3 is 0 Å². The molecular formula is C19H17ClN2O4S. The molecule has 1 amide bonds. The number of nitrogens with one attached hydrogen (secondary N) is 2. The van der Waals surface area contributed by atoms with Crippen LogP contribution in [0.3, 0.4) is 0 Å². The fourth-order valence-electron chi connectivity index (χ4n) is 2.40. The van der Waals surface area contributed by atoms with E-state index in [-0.39, 0.29) is 23.8 Å². The van der Waals surface area contributed by atoms with E-state index in [4.69, 9.17) is 16.0 Å². The summed E-state index contributed by atoms with van der Waals surface area (Å²) in [5, 5.41) is 3.30. The summed E-state index contributed by atoms with van der Waals surface area (Å²) in [6.45, 7) is 0.0441. The highest BCUT2D eigenvalue weighted by molar-refractivity contribution is 7.89. The number of carbonyl (C=O) groups is 1. The average Bonchev–Trinajstić information content (AvgIpc) is 3.16. The van der Waals surface area contributed by atoms with Crippen LogP contribution in [-0.4, -0.2) is 14.3 Å². The van der Waals surface area contributed by atoms with Crippen LogP contribution < -0.4 is 10.0 Å². The van der Waals surface area contributed by atoms with Gasteiger partial charge in [-0.15, -0.1) is 0 Å². The third-order valence-electron chi connectivity index (χ3n) is 3.72. The highest BCUT2D eigenvalue weighted by atomic mass is 35.5. The van der Waals surface area contributed by atoms with Crippen LogP contribution in [-0.2, 0) is 27.8 Å². The van der Waals surface area contributed by atoms with Crippen LogP contribution in [0.1, 0.15) is 11.3 Å². The molecule has 2 aromatic carbocycles. The van der Waals surface area contributed by atoms with E-state index in [2.05, 4.69) is 10.0 Å². The fourth-order valence-corrected chi connectivity index (χ4v) is 3.56. The third-order valence-corrected chi connectivity index (χ3v) is 5.37. The van der Waals surface area contributed by atoms with E-state index in [0.29, 0.717) is 16.5 Å². The second-order valence-electron chi connectivity index (χ2n) is 5.78. The first kappa shape index (κ1) is 19.2. The Hall–Kier alpha value is -2.61. The largest absolute Gasteiger partial charge is 0.468 e. The molecule has 3 aromatic rings. The van der Waals surface area contributed by atoms with E-state index < -0.39 is 10.0 Å².